The third-order valence-corrected chi connectivity index (χ3v) is 2.11. The molecule has 0 spiro atoms. The largest absolute Gasteiger partial charge is 0.330 e. The van der Waals surface area contributed by atoms with Crippen LogP contribution in [0.1, 0.15) is 13.3 Å². The van der Waals surface area contributed by atoms with Gasteiger partial charge in [0.25, 0.3) is 0 Å². The van der Waals surface area contributed by atoms with Crippen LogP contribution in [0.2, 0.25) is 0 Å². The van der Waals surface area contributed by atoms with Gasteiger partial charge >= 0.3 is 0 Å². The van der Waals surface area contributed by atoms with E-state index in [0.29, 0.717) is 25.2 Å². The third-order valence-electron chi connectivity index (χ3n) is 2.11. The summed E-state index contributed by atoms with van der Waals surface area (Å²) in [4.78, 5) is 13.2. The maximum absolute atomic E-state index is 12.7. The molecule has 0 fully saturated rings. The highest BCUT2D eigenvalue weighted by Crippen LogP contribution is 2.15. The van der Waals surface area contributed by atoms with Gasteiger partial charge in [0.05, 0.1) is 0 Å². The van der Waals surface area contributed by atoms with Crippen molar-refractivity contribution in [3.8, 4) is 0 Å². The first-order valence-corrected chi connectivity index (χ1v) is 4.95. The van der Waals surface area contributed by atoms with Gasteiger partial charge in [0, 0.05) is 25.2 Å². The normalized spacial score (nSPS) is 10.1. The van der Waals surface area contributed by atoms with Crippen molar-refractivity contribution in [2.45, 2.75) is 13.3 Å². The lowest BCUT2D eigenvalue weighted by atomic mass is 10.2. The molecule has 0 heterocycles. The Morgan fingerprint density at radius 1 is 1.40 bits per heavy atom. The van der Waals surface area contributed by atoms with Crippen molar-refractivity contribution >= 4 is 11.6 Å². The van der Waals surface area contributed by atoms with E-state index in [9.17, 15) is 9.18 Å². The van der Waals surface area contributed by atoms with Gasteiger partial charge in [-0.05, 0) is 31.2 Å². The molecule has 1 rings (SSSR count). The minimum Gasteiger partial charge on any atom is -0.330 e. The quantitative estimate of drug-likeness (QED) is 0.819. The fourth-order valence-electron chi connectivity index (χ4n) is 1.38. The van der Waals surface area contributed by atoms with Crippen LogP contribution in [0.5, 0.6) is 0 Å². The van der Waals surface area contributed by atoms with E-state index in [1.165, 1.54) is 12.1 Å². The van der Waals surface area contributed by atoms with E-state index in [4.69, 9.17) is 5.73 Å². The molecule has 1 amide bonds. The van der Waals surface area contributed by atoms with Gasteiger partial charge in [-0.1, -0.05) is 0 Å². The SMILES string of the molecule is CCN(C(=O)CCN)c1ccc(F)cc1. The van der Waals surface area contributed by atoms with Crippen molar-refractivity contribution in [3.63, 3.8) is 0 Å². The van der Waals surface area contributed by atoms with Gasteiger partial charge in [-0.15, -0.1) is 0 Å². The van der Waals surface area contributed by atoms with Gasteiger partial charge in [-0.2, -0.15) is 0 Å². The predicted octanol–water partition coefficient (Wildman–Crippen LogP) is 1.53. The van der Waals surface area contributed by atoms with Crippen molar-refractivity contribution in [1.82, 2.24) is 0 Å². The van der Waals surface area contributed by atoms with E-state index in [0.717, 1.165) is 0 Å². The molecular formula is C11H15FN2O. The van der Waals surface area contributed by atoms with Crippen LogP contribution in [-0.4, -0.2) is 19.0 Å². The molecule has 4 heteroatoms. The number of anilines is 1. The summed E-state index contributed by atoms with van der Waals surface area (Å²) in [6.45, 7) is 2.76. The molecular weight excluding hydrogens is 195 g/mol. The van der Waals surface area contributed by atoms with E-state index in [-0.39, 0.29) is 11.7 Å². The molecule has 0 aliphatic carbocycles. The monoisotopic (exact) mass is 210 g/mol. The molecule has 0 saturated carbocycles. The molecule has 0 bridgehead atoms. The minimum atomic E-state index is -0.305. The lowest BCUT2D eigenvalue weighted by Crippen LogP contribution is -2.31. The molecule has 15 heavy (non-hydrogen) atoms. The summed E-state index contributed by atoms with van der Waals surface area (Å²) in [5, 5.41) is 0. The van der Waals surface area contributed by atoms with Gasteiger partial charge < -0.3 is 10.6 Å². The third kappa shape index (κ3) is 3.02. The lowest BCUT2D eigenvalue weighted by molar-refractivity contribution is -0.118. The summed E-state index contributed by atoms with van der Waals surface area (Å²) >= 11 is 0. The van der Waals surface area contributed by atoms with E-state index in [1.807, 2.05) is 6.92 Å². The van der Waals surface area contributed by atoms with Crippen LogP contribution in [0.15, 0.2) is 24.3 Å². The molecule has 82 valence electrons. The van der Waals surface area contributed by atoms with Crippen molar-refractivity contribution in [1.29, 1.82) is 0 Å². The number of hydrogen-bond donors (Lipinski definition) is 1. The maximum atomic E-state index is 12.7. The van der Waals surface area contributed by atoms with Crippen LogP contribution >= 0.6 is 0 Å². The fourth-order valence-corrected chi connectivity index (χ4v) is 1.38. The number of rotatable bonds is 4. The predicted molar refractivity (Wildman–Crippen MR) is 58.1 cm³/mol. The highest BCUT2D eigenvalue weighted by molar-refractivity contribution is 5.93. The van der Waals surface area contributed by atoms with Gasteiger partial charge in [0.15, 0.2) is 0 Å². The minimum absolute atomic E-state index is 0.0355. The summed E-state index contributed by atoms with van der Waals surface area (Å²) in [7, 11) is 0. The molecule has 1 aromatic carbocycles. The van der Waals surface area contributed by atoms with Gasteiger partial charge in [-0.3, -0.25) is 4.79 Å². The summed E-state index contributed by atoms with van der Waals surface area (Å²) < 4.78 is 12.7. The van der Waals surface area contributed by atoms with E-state index < -0.39 is 0 Å². The molecule has 0 aromatic heterocycles. The van der Waals surface area contributed by atoms with Crippen LogP contribution in [0.25, 0.3) is 0 Å². The summed E-state index contributed by atoms with van der Waals surface area (Å²) in [6.07, 6.45) is 0.311. The molecule has 0 saturated heterocycles. The van der Waals surface area contributed by atoms with Crippen LogP contribution in [0, 0.1) is 5.82 Å². The topological polar surface area (TPSA) is 46.3 Å². The van der Waals surface area contributed by atoms with Crippen LogP contribution < -0.4 is 10.6 Å². The van der Waals surface area contributed by atoms with Crippen LogP contribution in [-0.2, 0) is 4.79 Å². The maximum Gasteiger partial charge on any atom is 0.228 e. The second-order valence-corrected chi connectivity index (χ2v) is 3.15. The second kappa shape index (κ2) is 5.46. The Kier molecular flexibility index (Phi) is 4.24. The molecule has 2 N–H and O–H groups in total. The van der Waals surface area contributed by atoms with E-state index in [1.54, 1.807) is 17.0 Å². The number of benzene rings is 1. The highest BCUT2D eigenvalue weighted by Gasteiger charge is 2.12. The van der Waals surface area contributed by atoms with Crippen LogP contribution in [0.4, 0.5) is 10.1 Å². The van der Waals surface area contributed by atoms with Crippen molar-refractivity contribution < 1.29 is 9.18 Å². The molecule has 0 radical (unpaired) electrons. The highest BCUT2D eigenvalue weighted by atomic mass is 19.1. The number of nitrogens with two attached hydrogens (primary N) is 1. The molecule has 0 aliphatic heterocycles. The van der Waals surface area contributed by atoms with E-state index >= 15 is 0 Å². The first-order valence-electron chi connectivity index (χ1n) is 4.95. The Bertz CT molecular complexity index is 324. The average molecular weight is 210 g/mol. The van der Waals surface area contributed by atoms with Gasteiger partial charge in [0.1, 0.15) is 5.82 Å². The number of halogens is 1. The van der Waals surface area contributed by atoms with Crippen molar-refractivity contribution in [2.75, 3.05) is 18.0 Å². The summed E-state index contributed by atoms with van der Waals surface area (Å²) in [6, 6.07) is 5.86. The number of carbonyl (C=O) groups is 1. The number of hydrogen-bond acceptors (Lipinski definition) is 2. The summed E-state index contributed by atoms with van der Waals surface area (Å²) in [5.74, 6) is -0.340. The van der Waals surface area contributed by atoms with Crippen molar-refractivity contribution in [2.24, 2.45) is 5.73 Å². The van der Waals surface area contributed by atoms with Gasteiger partial charge in [-0.25, -0.2) is 4.39 Å². The van der Waals surface area contributed by atoms with Gasteiger partial charge in [0.2, 0.25) is 5.91 Å². The van der Waals surface area contributed by atoms with E-state index in [2.05, 4.69) is 0 Å². The molecule has 0 aliphatic rings. The Morgan fingerprint density at radius 3 is 2.47 bits per heavy atom. The zero-order valence-electron chi connectivity index (χ0n) is 8.74. The Labute approximate surface area is 88.7 Å². The first kappa shape index (κ1) is 11.7. The first-order chi connectivity index (χ1) is 7.19. The molecule has 3 nitrogen and oxygen atoms in total. The lowest BCUT2D eigenvalue weighted by Gasteiger charge is -2.20. The fraction of sp³-hybridized carbons (Fsp3) is 0.364. The Hall–Kier alpha value is -1.42. The zero-order chi connectivity index (χ0) is 11.3. The smallest absolute Gasteiger partial charge is 0.228 e. The average Bonchev–Trinajstić information content (AvgIpc) is 2.22. The van der Waals surface area contributed by atoms with Crippen LogP contribution in [0.3, 0.4) is 0 Å². The zero-order valence-corrected chi connectivity index (χ0v) is 8.74. The standard InChI is InChI=1S/C11H15FN2O/c1-2-14(11(15)7-8-13)10-5-3-9(12)4-6-10/h3-6H,2,7-8,13H2,1H3. The number of amides is 1. The number of nitrogens with zero attached hydrogens (tertiary/aromatic N) is 1. The molecule has 1 aromatic rings. The molecule has 0 unspecified atom stereocenters. The summed E-state index contributed by atoms with van der Waals surface area (Å²) in [5.41, 5.74) is 6.02. The number of carbonyl (C=O) groups excluding carboxylic acids is 1. The Morgan fingerprint density at radius 2 is 2.00 bits per heavy atom. The van der Waals surface area contributed by atoms with Crippen molar-refractivity contribution in [3.05, 3.63) is 30.1 Å². The Balaban J connectivity index is 2.82. The second-order valence-electron chi connectivity index (χ2n) is 3.15. The molecule has 0 atom stereocenters.